The number of rotatable bonds is 11. The fraction of sp³-hybridized carbons (Fsp3) is 0.324. The number of aromatic carboxylic acids is 1. The summed E-state index contributed by atoms with van der Waals surface area (Å²) in [4.78, 5) is 30.4. The van der Waals surface area contributed by atoms with Crippen LogP contribution in [-0.4, -0.2) is 67.2 Å². The molecule has 3 aliphatic rings. The minimum absolute atomic E-state index is 0.0125. The van der Waals surface area contributed by atoms with Crippen LogP contribution in [0.1, 0.15) is 51.4 Å². The Morgan fingerprint density at radius 2 is 1.73 bits per heavy atom. The van der Waals surface area contributed by atoms with Crippen molar-refractivity contribution < 1.29 is 43.2 Å². The summed E-state index contributed by atoms with van der Waals surface area (Å²) in [5.41, 5.74) is 1.87. The average molecular weight is 805 g/mol. The van der Waals surface area contributed by atoms with Crippen LogP contribution in [0, 0.1) is 11.7 Å². The van der Waals surface area contributed by atoms with Crippen molar-refractivity contribution in [3.8, 4) is 11.5 Å². The second kappa shape index (κ2) is 15.6. The van der Waals surface area contributed by atoms with E-state index in [1.165, 1.54) is 55.8 Å². The normalized spacial score (nSPS) is 18.6. The molecule has 0 saturated carbocycles. The number of hydrogen-bond acceptors (Lipinski definition) is 7. The van der Waals surface area contributed by atoms with Gasteiger partial charge >= 0.3 is 12.1 Å². The predicted molar refractivity (Wildman–Crippen MR) is 192 cm³/mol. The van der Waals surface area contributed by atoms with Crippen molar-refractivity contribution >= 4 is 56.9 Å². The van der Waals surface area contributed by atoms with E-state index >= 15 is 4.39 Å². The number of carbonyl (C=O) groups excluding carboxylic acids is 1. The number of anilines is 1. The molecular formula is C37H36BrCl2FN3O7+. The summed E-state index contributed by atoms with van der Waals surface area (Å²) in [6, 6.07) is 14.3. The first-order valence-electron chi connectivity index (χ1n) is 16.3. The van der Waals surface area contributed by atoms with Crippen molar-refractivity contribution in [3.63, 3.8) is 0 Å². The first-order valence-corrected chi connectivity index (χ1v) is 17.8. The first-order chi connectivity index (χ1) is 24.5. The zero-order valence-electron chi connectivity index (χ0n) is 27.8. The van der Waals surface area contributed by atoms with Gasteiger partial charge in [-0.25, -0.2) is 14.0 Å². The molecule has 7 rings (SSSR count). The van der Waals surface area contributed by atoms with Gasteiger partial charge in [0.25, 0.3) is 0 Å². The molecule has 0 radical (unpaired) electrons. The van der Waals surface area contributed by atoms with Gasteiger partial charge in [0, 0.05) is 27.2 Å². The molecule has 1 aromatic heterocycles. The SMILES string of the molecule is COc1ccc([C@H](Cc2c(Cl)c[n+](O)cc2Cl)c2c(Br)cc(CN(C(=O)O[C@H]3CN4CCC3CC4)c3ccccc3F)cc2C(=O)O)cc1OC. The third-order valence-electron chi connectivity index (χ3n) is 9.61. The molecule has 1 amide bonds. The number of pyridine rings is 1. The smallest absolute Gasteiger partial charge is 0.415 e. The van der Waals surface area contributed by atoms with Crippen molar-refractivity contribution in [1.82, 2.24) is 4.90 Å². The van der Waals surface area contributed by atoms with E-state index in [-0.39, 0.29) is 46.3 Å². The molecule has 10 nitrogen and oxygen atoms in total. The van der Waals surface area contributed by atoms with Gasteiger partial charge in [0.05, 0.1) is 32.0 Å². The van der Waals surface area contributed by atoms with Crippen LogP contribution in [-0.2, 0) is 17.7 Å². The molecule has 268 valence electrons. The molecule has 51 heavy (non-hydrogen) atoms. The highest BCUT2D eigenvalue weighted by atomic mass is 79.9. The fourth-order valence-corrected chi connectivity index (χ4v) is 8.42. The van der Waals surface area contributed by atoms with E-state index in [1.807, 2.05) is 0 Å². The predicted octanol–water partition coefficient (Wildman–Crippen LogP) is 7.75. The van der Waals surface area contributed by atoms with Crippen molar-refractivity contribution in [2.45, 2.75) is 37.8 Å². The van der Waals surface area contributed by atoms with Crippen LogP contribution in [0.25, 0.3) is 0 Å². The molecule has 2 atom stereocenters. The van der Waals surface area contributed by atoms with Crippen LogP contribution in [0.5, 0.6) is 11.5 Å². The Kier molecular flexibility index (Phi) is 11.3. The molecule has 2 N–H and O–H groups in total. The number of carboxylic acids is 1. The van der Waals surface area contributed by atoms with E-state index in [0.29, 0.717) is 44.8 Å². The highest BCUT2D eigenvalue weighted by Crippen LogP contribution is 2.42. The fourth-order valence-electron chi connectivity index (χ4n) is 7.03. The number of carboxylic acid groups (broad SMARTS) is 1. The lowest BCUT2D eigenvalue weighted by Gasteiger charge is -2.44. The van der Waals surface area contributed by atoms with Crippen molar-refractivity contribution in [1.29, 1.82) is 0 Å². The van der Waals surface area contributed by atoms with Gasteiger partial charge in [-0.1, -0.05) is 57.3 Å². The minimum atomic E-state index is -1.23. The number of hydrogen-bond donors (Lipinski definition) is 2. The van der Waals surface area contributed by atoms with Gasteiger partial charge in [0.15, 0.2) is 11.5 Å². The Labute approximate surface area is 312 Å². The van der Waals surface area contributed by atoms with Crippen LogP contribution < -0.4 is 19.1 Å². The van der Waals surface area contributed by atoms with Gasteiger partial charge in [-0.05, 0) is 91.4 Å². The Balaban J connectivity index is 1.42. The maximum Gasteiger partial charge on any atom is 0.415 e. The van der Waals surface area contributed by atoms with Gasteiger partial charge in [0.1, 0.15) is 22.0 Å². The zero-order chi connectivity index (χ0) is 36.4. The van der Waals surface area contributed by atoms with Gasteiger partial charge in [0.2, 0.25) is 12.4 Å². The Morgan fingerprint density at radius 1 is 1.04 bits per heavy atom. The van der Waals surface area contributed by atoms with Crippen LogP contribution >= 0.6 is 39.1 Å². The van der Waals surface area contributed by atoms with Crippen molar-refractivity contribution in [3.05, 3.63) is 115 Å². The quantitative estimate of drug-likeness (QED) is 0.117. The summed E-state index contributed by atoms with van der Waals surface area (Å²) in [5, 5.41) is 21.0. The topological polar surface area (TPSA) is 113 Å². The lowest BCUT2D eigenvalue weighted by atomic mass is 9.83. The summed E-state index contributed by atoms with van der Waals surface area (Å²) in [5.74, 6) is -1.39. The van der Waals surface area contributed by atoms with Crippen LogP contribution in [0.4, 0.5) is 14.9 Å². The monoisotopic (exact) mass is 802 g/mol. The average Bonchev–Trinajstić information content (AvgIpc) is 3.11. The summed E-state index contributed by atoms with van der Waals surface area (Å²) < 4.78 is 33.5. The third kappa shape index (κ3) is 7.89. The maximum absolute atomic E-state index is 15.3. The molecule has 3 saturated heterocycles. The molecule has 4 heterocycles. The minimum Gasteiger partial charge on any atom is -0.493 e. The molecule has 0 aliphatic carbocycles. The van der Waals surface area contributed by atoms with E-state index in [2.05, 4.69) is 20.8 Å². The van der Waals surface area contributed by atoms with E-state index in [4.69, 9.17) is 37.4 Å². The second-order valence-electron chi connectivity index (χ2n) is 12.6. The van der Waals surface area contributed by atoms with E-state index in [1.54, 1.807) is 30.3 Å². The molecule has 3 fully saturated rings. The van der Waals surface area contributed by atoms with E-state index in [9.17, 15) is 19.9 Å². The Hall–Kier alpha value is -4.10. The van der Waals surface area contributed by atoms with Gasteiger partial charge < -0.3 is 19.3 Å². The second-order valence-corrected chi connectivity index (χ2v) is 14.3. The van der Waals surface area contributed by atoms with Crippen LogP contribution in [0.15, 0.2) is 71.5 Å². The molecule has 2 bridgehead atoms. The van der Waals surface area contributed by atoms with Crippen LogP contribution in [0.2, 0.25) is 10.0 Å². The molecule has 14 heteroatoms. The number of ether oxygens (including phenoxy) is 3. The van der Waals surface area contributed by atoms with Crippen molar-refractivity contribution in [2.75, 3.05) is 38.8 Å². The number of piperidine rings is 3. The highest BCUT2D eigenvalue weighted by Gasteiger charge is 2.38. The molecular weight excluding hydrogens is 768 g/mol. The summed E-state index contributed by atoms with van der Waals surface area (Å²) >= 11 is 16.8. The number of aromatic nitrogens is 1. The standard InChI is InChI=1S/C37H35BrCl2FN3O7/c1-49-32-8-7-23(15-33(32)50-2)24(16-25-28(39)18-43(48)19-29(25)40)35-26(36(45)46)13-21(14-27(35)38)17-44(31-6-4-3-5-30(31)41)37(47)51-34-20-42-11-9-22(34)10-12-42/h3-8,13-15,18-19,22,24,34H,9-12,16-17,20H2,1-2H3,(H-,45,46,48)/p+1/t24-,34-/m0/s1. The number of para-hydroxylation sites is 1. The lowest BCUT2D eigenvalue weighted by Crippen LogP contribution is -2.53. The summed E-state index contributed by atoms with van der Waals surface area (Å²) in [6.07, 6.45) is 3.52. The number of fused-ring (bicyclic) bond motifs is 3. The number of amides is 1. The highest BCUT2D eigenvalue weighted by molar-refractivity contribution is 9.10. The number of halogens is 4. The van der Waals surface area contributed by atoms with Gasteiger partial charge in [-0.3, -0.25) is 15.0 Å². The van der Waals surface area contributed by atoms with E-state index < -0.39 is 23.8 Å². The summed E-state index contributed by atoms with van der Waals surface area (Å²) in [7, 11) is 3.01. The Morgan fingerprint density at radius 3 is 2.33 bits per heavy atom. The van der Waals surface area contributed by atoms with E-state index in [0.717, 1.165) is 30.7 Å². The molecule has 4 aromatic rings. The Bertz CT molecular complexity index is 1940. The lowest BCUT2D eigenvalue weighted by molar-refractivity contribution is -0.904. The molecule has 0 spiro atoms. The van der Waals surface area contributed by atoms with Gasteiger partial charge in [-0.15, -0.1) is 0 Å². The summed E-state index contributed by atoms with van der Waals surface area (Å²) in [6.45, 7) is 2.37. The van der Waals surface area contributed by atoms with Gasteiger partial charge in [-0.2, -0.15) is 0 Å². The van der Waals surface area contributed by atoms with Crippen LogP contribution in [0.3, 0.4) is 0 Å². The number of nitrogens with zero attached hydrogens (tertiary/aromatic N) is 3. The largest absolute Gasteiger partial charge is 0.493 e. The zero-order valence-corrected chi connectivity index (χ0v) is 30.9. The van der Waals surface area contributed by atoms with Crippen molar-refractivity contribution in [2.24, 2.45) is 5.92 Å². The number of methoxy groups -OCH3 is 2. The number of benzene rings is 3. The number of carbonyl (C=O) groups is 2. The first kappa shape index (κ1) is 36.7. The molecule has 3 aliphatic heterocycles. The maximum atomic E-state index is 15.3. The molecule has 0 unspecified atom stereocenters. The molecule has 3 aromatic carbocycles. The third-order valence-corrected chi connectivity index (χ3v) is 10.9.